The molecule has 0 aromatic heterocycles. The van der Waals surface area contributed by atoms with Gasteiger partial charge in [-0.1, -0.05) is 0 Å². The van der Waals surface area contributed by atoms with Gasteiger partial charge in [0.1, 0.15) is 6.61 Å². The predicted molar refractivity (Wildman–Crippen MR) is 97.2 cm³/mol. The molecule has 0 spiro atoms. The van der Waals surface area contributed by atoms with Crippen molar-refractivity contribution in [3.8, 4) is 5.75 Å². The van der Waals surface area contributed by atoms with E-state index in [0.717, 1.165) is 31.8 Å². The molecule has 0 atom stereocenters. The number of non-ortho nitro benzene ring substituents is 2. The number of hydrogen-bond acceptors (Lipinski definition) is 6. The molecule has 1 aliphatic heterocycles. The first-order chi connectivity index (χ1) is 13.8. The lowest BCUT2D eigenvalue weighted by Gasteiger charge is -2.15. The van der Waals surface area contributed by atoms with E-state index in [4.69, 9.17) is 4.74 Å². The molecule has 0 bridgehead atoms. The van der Waals surface area contributed by atoms with Gasteiger partial charge in [-0.05, 0) is 38.1 Å². The molecule has 0 saturated carbocycles. The van der Waals surface area contributed by atoms with Crippen LogP contribution >= 0.6 is 0 Å². The Labute approximate surface area is 163 Å². The first-order valence-electron chi connectivity index (χ1n) is 8.66. The highest BCUT2D eigenvalue weighted by atomic mass is 19.2. The Hall–Kier alpha value is -3.21. The third kappa shape index (κ3) is 6.71. The number of nitro benzene ring substituents is 2. The molecular formula is C18H18F3N3O5. The molecular weight excluding hydrogens is 395 g/mol. The maximum atomic E-state index is 13.5. The summed E-state index contributed by atoms with van der Waals surface area (Å²) < 4.78 is 43.2. The number of rotatable bonds is 6. The Bertz CT molecular complexity index is 876. The molecule has 8 nitrogen and oxygen atoms in total. The van der Waals surface area contributed by atoms with Crippen LogP contribution in [0.4, 0.5) is 24.5 Å². The molecule has 1 heterocycles. The summed E-state index contributed by atoms with van der Waals surface area (Å²) in [6.07, 6.45) is 2.40. The molecule has 0 unspecified atom stereocenters. The van der Waals surface area contributed by atoms with E-state index in [0.29, 0.717) is 18.7 Å². The molecule has 29 heavy (non-hydrogen) atoms. The summed E-state index contributed by atoms with van der Waals surface area (Å²) in [5.74, 6) is -2.92. The molecule has 2 aromatic rings. The van der Waals surface area contributed by atoms with E-state index in [2.05, 4.69) is 4.90 Å². The summed E-state index contributed by atoms with van der Waals surface area (Å²) >= 11 is 0. The normalized spacial score (nSPS) is 13.5. The topological polar surface area (TPSA) is 98.8 Å². The Kier molecular flexibility index (Phi) is 7.89. The van der Waals surface area contributed by atoms with Crippen molar-refractivity contribution in [2.45, 2.75) is 12.8 Å². The van der Waals surface area contributed by atoms with Gasteiger partial charge >= 0.3 is 0 Å². The van der Waals surface area contributed by atoms with Gasteiger partial charge in [0.2, 0.25) is 0 Å². The number of halogens is 3. The zero-order valence-corrected chi connectivity index (χ0v) is 15.2. The molecule has 1 saturated heterocycles. The highest BCUT2D eigenvalue weighted by Crippen LogP contribution is 2.22. The van der Waals surface area contributed by atoms with Crippen LogP contribution in [0.1, 0.15) is 12.8 Å². The zero-order chi connectivity index (χ0) is 21.4. The minimum Gasteiger partial charge on any atom is -0.489 e. The lowest BCUT2D eigenvalue weighted by molar-refractivity contribution is -0.385. The van der Waals surface area contributed by atoms with Crippen LogP contribution in [0.25, 0.3) is 0 Å². The Morgan fingerprint density at radius 1 is 0.862 bits per heavy atom. The SMILES string of the molecule is O=[N+]([O-])c1ccc(F)c(F)c1.O=[N+]([O-])c1ccc(OCCN2CCCC2)c(F)c1. The third-order valence-corrected chi connectivity index (χ3v) is 4.10. The fraction of sp³-hybridized carbons (Fsp3) is 0.333. The van der Waals surface area contributed by atoms with Gasteiger partial charge in [0.15, 0.2) is 23.2 Å². The largest absolute Gasteiger partial charge is 0.489 e. The van der Waals surface area contributed by atoms with Gasteiger partial charge < -0.3 is 4.74 Å². The summed E-state index contributed by atoms with van der Waals surface area (Å²) in [6.45, 7) is 3.28. The maximum Gasteiger partial charge on any atom is 0.272 e. The second-order valence-corrected chi connectivity index (χ2v) is 6.12. The van der Waals surface area contributed by atoms with E-state index in [9.17, 15) is 33.4 Å². The molecule has 0 aliphatic carbocycles. The molecule has 2 aromatic carbocycles. The molecule has 0 N–H and O–H groups in total. The smallest absolute Gasteiger partial charge is 0.272 e. The Morgan fingerprint density at radius 3 is 1.93 bits per heavy atom. The molecule has 1 aliphatic rings. The molecule has 156 valence electrons. The van der Waals surface area contributed by atoms with Crippen molar-refractivity contribution in [2.75, 3.05) is 26.2 Å². The quantitative estimate of drug-likeness (QED) is 0.523. The number of ether oxygens (including phenoxy) is 1. The highest BCUT2D eigenvalue weighted by molar-refractivity contribution is 5.37. The minimum atomic E-state index is -1.21. The van der Waals surface area contributed by atoms with Crippen molar-refractivity contribution in [1.29, 1.82) is 0 Å². The highest BCUT2D eigenvalue weighted by Gasteiger charge is 2.14. The van der Waals surface area contributed by atoms with Crippen LogP contribution in [-0.4, -0.2) is 41.0 Å². The number of nitro groups is 2. The molecule has 3 rings (SSSR count). The Balaban J connectivity index is 0.000000234. The van der Waals surface area contributed by atoms with E-state index in [-0.39, 0.29) is 11.4 Å². The second kappa shape index (κ2) is 10.4. The maximum absolute atomic E-state index is 13.5. The lowest BCUT2D eigenvalue weighted by Crippen LogP contribution is -2.25. The van der Waals surface area contributed by atoms with Crippen LogP contribution in [0.2, 0.25) is 0 Å². The fourth-order valence-corrected chi connectivity index (χ4v) is 2.61. The summed E-state index contributed by atoms with van der Waals surface area (Å²) in [4.78, 5) is 21.3. The van der Waals surface area contributed by atoms with Gasteiger partial charge in [0, 0.05) is 18.7 Å². The van der Waals surface area contributed by atoms with E-state index in [1.54, 1.807) is 0 Å². The number of hydrogen-bond donors (Lipinski definition) is 0. The average molecular weight is 413 g/mol. The van der Waals surface area contributed by atoms with E-state index < -0.39 is 33.0 Å². The van der Waals surface area contributed by atoms with Crippen molar-refractivity contribution >= 4 is 11.4 Å². The summed E-state index contributed by atoms with van der Waals surface area (Å²) in [6, 6.07) is 5.58. The van der Waals surface area contributed by atoms with Crippen LogP contribution in [0.3, 0.4) is 0 Å². The van der Waals surface area contributed by atoms with Crippen molar-refractivity contribution in [1.82, 2.24) is 4.90 Å². The van der Waals surface area contributed by atoms with Crippen LogP contribution in [0, 0.1) is 37.7 Å². The van der Waals surface area contributed by atoms with Gasteiger partial charge in [-0.3, -0.25) is 25.1 Å². The van der Waals surface area contributed by atoms with Crippen LogP contribution < -0.4 is 4.74 Å². The van der Waals surface area contributed by atoms with Crippen LogP contribution in [0.15, 0.2) is 36.4 Å². The summed E-state index contributed by atoms with van der Waals surface area (Å²) in [5.41, 5.74) is -0.719. The van der Waals surface area contributed by atoms with Gasteiger partial charge in [0.25, 0.3) is 11.4 Å². The fourth-order valence-electron chi connectivity index (χ4n) is 2.61. The van der Waals surface area contributed by atoms with E-state index in [1.165, 1.54) is 25.0 Å². The van der Waals surface area contributed by atoms with Crippen molar-refractivity contribution < 1.29 is 27.8 Å². The van der Waals surface area contributed by atoms with Crippen LogP contribution in [0.5, 0.6) is 5.75 Å². The lowest BCUT2D eigenvalue weighted by atomic mass is 10.3. The van der Waals surface area contributed by atoms with Gasteiger partial charge in [-0.25, -0.2) is 13.2 Å². The molecule has 11 heteroatoms. The molecule has 1 fully saturated rings. The number of nitrogens with zero attached hydrogens (tertiary/aromatic N) is 3. The minimum absolute atomic E-state index is 0.0693. The average Bonchev–Trinajstić information content (AvgIpc) is 3.19. The predicted octanol–water partition coefficient (Wildman–Crippen LogP) is 4.08. The first kappa shape index (κ1) is 22.1. The van der Waals surface area contributed by atoms with Crippen molar-refractivity contribution in [3.05, 3.63) is 74.1 Å². The van der Waals surface area contributed by atoms with Crippen molar-refractivity contribution in [2.24, 2.45) is 0 Å². The number of likely N-dealkylation sites (tertiary alicyclic amines) is 1. The summed E-state index contributed by atoms with van der Waals surface area (Å²) in [5, 5.41) is 20.4. The number of benzene rings is 2. The van der Waals surface area contributed by atoms with Gasteiger partial charge in [0.05, 0.1) is 22.0 Å². The van der Waals surface area contributed by atoms with Gasteiger partial charge in [-0.15, -0.1) is 0 Å². The molecule has 0 amide bonds. The monoisotopic (exact) mass is 413 g/mol. The van der Waals surface area contributed by atoms with Gasteiger partial charge in [-0.2, -0.15) is 0 Å². The van der Waals surface area contributed by atoms with E-state index >= 15 is 0 Å². The van der Waals surface area contributed by atoms with Crippen molar-refractivity contribution in [3.63, 3.8) is 0 Å². The molecule has 0 radical (unpaired) electrons. The Morgan fingerprint density at radius 2 is 1.41 bits per heavy atom. The second-order valence-electron chi connectivity index (χ2n) is 6.12. The summed E-state index contributed by atoms with van der Waals surface area (Å²) in [7, 11) is 0. The first-order valence-corrected chi connectivity index (χ1v) is 8.66. The van der Waals surface area contributed by atoms with Crippen LogP contribution in [-0.2, 0) is 0 Å². The zero-order valence-electron chi connectivity index (χ0n) is 15.2. The van der Waals surface area contributed by atoms with E-state index in [1.807, 2.05) is 0 Å². The standard InChI is InChI=1S/C12H15FN2O3.C6H3F2NO2/c13-11-9-10(15(16)17)3-4-12(11)18-8-7-14-5-1-2-6-14;7-5-2-1-4(9(10)11)3-6(5)8/h3-4,9H,1-2,5-8H2;1-3H. The third-order valence-electron chi connectivity index (χ3n) is 4.10.